The zero-order valence-electron chi connectivity index (χ0n) is 9.49. The summed E-state index contributed by atoms with van der Waals surface area (Å²) >= 11 is 1.33. The van der Waals surface area contributed by atoms with Gasteiger partial charge in [-0.25, -0.2) is 9.07 Å². The van der Waals surface area contributed by atoms with Crippen LogP contribution in [0.1, 0.15) is 5.56 Å². The van der Waals surface area contributed by atoms with Crippen LogP contribution in [0.15, 0.2) is 23.4 Å². The van der Waals surface area contributed by atoms with E-state index in [1.54, 1.807) is 7.05 Å². The summed E-state index contributed by atoms with van der Waals surface area (Å²) in [4.78, 5) is 0. The molecule has 0 fully saturated rings. The van der Waals surface area contributed by atoms with Crippen molar-refractivity contribution in [1.82, 2.24) is 20.2 Å². The third kappa shape index (κ3) is 3.06. The molecule has 6 nitrogen and oxygen atoms in total. The number of benzene rings is 1. The first-order valence-corrected chi connectivity index (χ1v) is 6.05. The quantitative estimate of drug-likeness (QED) is 0.564. The highest BCUT2D eigenvalue weighted by molar-refractivity contribution is 7.98. The van der Waals surface area contributed by atoms with Gasteiger partial charge in [0.15, 0.2) is 0 Å². The zero-order chi connectivity index (χ0) is 13.1. The topological polar surface area (TPSA) is 84.1 Å². The molecule has 1 aromatic carbocycles. The van der Waals surface area contributed by atoms with Crippen molar-refractivity contribution < 1.29 is 14.4 Å². The van der Waals surface area contributed by atoms with Gasteiger partial charge >= 0.3 is 7.12 Å². The number of thioether (sulfide) groups is 1. The van der Waals surface area contributed by atoms with Crippen LogP contribution in [-0.2, 0) is 12.8 Å². The molecular formula is C9H10BFN4O2S. The Labute approximate surface area is 107 Å². The minimum Gasteiger partial charge on any atom is -0.423 e. The van der Waals surface area contributed by atoms with Gasteiger partial charge in [0.05, 0.1) is 0 Å². The van der Waals surface area contributed by atoms with Crippen molar-refractivity contribution in [2.24, 2.45) is 7.05 Å². The SMILES string of the molecule is Cn1nnnc1SCc1cc(F)cc(B(O)O)c1. The Morgan fingerprint density at radius 1 is 1.39 bits per heavy atom. The summed E-state index contributed by atoms with van der Waals surface area (Å²) in [5, 5.41) is 29.6. The van der Waals surface area contributed by atoms with E-state index in [-0.39, 0.29) is 5.46 Å². The standard InChI is InChI=1S/C9H10BFN4O2S/c1-15-9(12-13-14-15)18-5-6-2-7(10(16)17)4-8(11)3-6/h2-4,16-17H,5H2,1H3. The highest BCUT2D eigenvalue weighted by atomic mass is 32.2. The molecule has 0 bridgehead atoms. The van der Waals surface area contributed by atoms with Crippen LogP contribution < -0.4 is 5.46 Å². The molecule has 0 saturated heterocycles. The molecular weight excluding hydrogens is 258 g/mol. The Kier molecular flexibility index (Phi) is 3.95. The fourth-order valence-electron chi connectivity index (χ4n) is 1.40. The van der Waals surface area contributed by atoms with Crippen LogP contribution in [0.2, 0.25) is 0 Å². The van der Waals surface area contributed by atoms with E-state index in [1.807, 2.05) is 0 Å². The van der Waals surface area contributed by atoms with Crippen molar-refractivity contribution in [1.29, 1.82) is 0 Å². The molecule has 0 spiro atoms. The van der Waals surface area contributed by atoms with Gasteiger partial charge in [0, 0.05) is 12.8 Å². The summed E-state index contributed by atoms with van der Waals surface area (Å²) in [7, 11) is 0.0255. The average Bonchev–Trinajstić information content (AvgIpc) is 2.71. The monoisotopic (exact) mass is 268 g/mol. The lowest BCUT2D eigenvalue weighted by atomic mass is 9.79. The van der Waals surface area contributed by atoms with Gasteiger partial charge in [-0.05, 0) is 33.6 Å². The number of aryl methyl sites for hydroxylation is 1. The first-order chi connectivity index (χ1) is 8.56. The fraction of sp³-hybridized carbons (Fsp3) is 0.222. The largest absolute Gasteiger partial charge is 0.488 e. The van der Waals surface area contributed by atoms with Crippen molar-refractivity contribution >= 4 is 24.3 Å². The van der Waals surface area contributed by atoms with Crippen LogP contribution in [0.4, 0.5) is 4.39 Å². The lowest BCUT2D eigenvalue weighted by molar-refractivity contribution is 0.425. The first-order valence-electron chi connectivity index (χ1n) is 5.07. The smallest absolute Gasteiger partial charge is 0.423 e. The van der Waals surface area contributed by atoms with Crippen LogP contribution >= 0.6 is 11.8 Å². The Hall–Kier alpha value is -1.45. The molecule has 0 aliphatic carbocycles. The molecule has 0 atom stereocenters. The molecule has 0 unspecified atom stereocenters. The van der Waals surface area contributed by atoms with E-state index in [0.717, 1.165) is 6.07 Å². The zero-order valence-corrected chi connectivity index (χ0v) is 10.3. The van der Waals surface area contributed by atoms with Crippen LogP contribution in [0.25, 0.3) is 0 Å². The molecule has 2 N–H and O–H groups in total. The van der Waals surface area contributed by atoms with Gasteiger partial charge in [-0.2, -0.15) is 0 Å². The van der Waals surface area contributed by atoms with Crippen LogP contribution in [0.3, 0.4) is 0 Å². The molecule has 1 heterocycles. The summed E-state index contributed by atoms with van der Waals surface area (Å²) in [6, 6.07) is 3.95. The maximum atomic E-state index is 13.3. The average molecular weight is 268 g/mol. The summed E-state index contributed by atoms with van der Waals surface area (Å²) in [6.07, 6.45) is 0. The minimum atomic E-state index is -1.68. The van der Waals surface area contributed by atoms with Crippen molar-refractivity contribution in [3.8, 4) is 0 Å². The van der Waals surface area contributed by atoms with Gasteiger partial charge < -0.3 is 10.0 Å². The molecule has 0 amide bonds. The number of tetrazole rings is 1. The number of hydrogen-bond donors (Lipinski definition) is 2. The fourth-order valence-corrected chi connectivity index (χ4v) is 2.18. The van der Waals surface area contributed by atoms with Crippen LogP contribution in [-0.4, -0.2) is 37.4 Å². The molecule has 18 heavy (non-hydrogen) atoms. The molecule has 0 aliphatic rings. The predicted octanol–water partition coefficient (Wildman–Crippen LogP) is -0.679. The minimum absolute atomic E-state index is 0.127. The molecule has 0 aliphatic heterocycles. The van der Waals surface area contributed by atoms with Gasteiger partial charge in [-0.1, -0.05) is 17.8 Å². The summed E-state index contributed by atoms with van der Waals surface area (Å²) in [5.74, 6) is -0.0709. The first kappa shape index (κ1) is 13.0. The Bertz CT molecular complexity index is 551. The maximum absolute atomic E-state index is 13.3. The van der Waals surface area contributed by atoms with Gasteiger partial charge in [0.25, 0.3) is 0 Å². The summed E-state index contributed by atoms with van der Waals surface area (Å²) in [6.45, 7) is 0. The maximum Gasteiger partial charge on any atom is 0.488 e. The molecule has 94 valence electrons. The summed E-state index contributed by atoms with van der Waals surface area (Å²) in [5.41, 5.74) is 0.757. The van der Waals surface area contributed by atoms with Gasteiger partial charge in [-0.15, -0.1) is 5.10 Å². The van der Waals surface area contributed by atoms with E-state index in [2.05, 4.69) is 15.5 Å². The van der Waals surface area contributed by atoms with Gasteiger partial charge in [0.1, 0.15) is 5.82 Å². The number of aromatic nitrogens is 4. The third-order valence-electron chi connectivity index (χ3n) is 2.23. The molecule has 9 heteroatoms. The third-order valence-corrected chi connectivity index (χ3v) is 3.31. The Balaban J connectivity index is 2.12. The Morgan fingerprint density at radius 3 is 2.78 bits per heavy atom. The van der Waals surface area contributed by atoms with Crippen molar-refractivity contribution in [2.45, 2.75) is 10.9 Å². The van der Waals surface area contributed by atoms with Crippen LogP contribution in [0.5, 0.6) is 0 Å². The lowest BCUT2D eigenvalue weighted by Crippen LogP contribution is -2.30. The second-order valence-corrected chi connectivity index (χ2v) is 4.58. The van der Waals surface area contributed by atoms with E-state index < -0.39 is 12.9 Å². The van der Waals surface area contributed by atoms with E-state index in [1.165, 1.54) is 28.6 Å². The van der Waals surface area contributed by atoms with E-state index in [4.69, 9.17) is 10.0 Å². The van der Waals surface area contributed by atoms with E-state index in [9.17, 15) is 4.39 Å². The van der Waals surface area contributed by atoms with E-state index in [0.29, 0.717) is 16.5 Å². The number of halogens is 1. The highest BCUT2D eigenvalue weighted by Crippen LogP contribution is 2.19. The predicted molar refractivity (Wildman–Crippen MR) is 64.6 cm³/mol. The number of hydrogen-bond acceptors (Lipinski definition) is 6. The molecule has 2 rings (SSSR count). The molecule has 0 saturated carbocycles. The highest BCUT2D eigenvalue weighted by Gasteiger charge is 2.13. The second kappa shape index (κ2) is 5.47. The van der Waals surface area contributed by atoms with Crippen LogP contribution in [0, 0.1) is 5.82 Å². The van der Waals surface area contributed by atoms with E-state index >= 15 is 0 Å². The molecule has 0 radical (unpaired) electrons. The number of nitrogens with zero attached hydrogens (tertiary/aromatic N) is 4. The Morgan fingerprint density at radius 2 is 2.17 bits per heavy atom. The molecule has 1 aromatic heterocycles. The summed E-state index contributed by atoms with van der Waals surface area (Å²) < 4.78 is 14.8. The van der Waals surface area contributed by atoms with Gasteiger partial charge in [-0.3, -0.25) is 0 Å². The van der Waals surface area contributed by atoms with Crippen molar-refractivity contribution in [2.75, 3.05) is 0 Å². The van der Waals surface area contributed by atoms with Gasteiger partial charge in [0.2, 0.25) is 5.16 Å². The second-order valence-electron chi connectivity index (χ2n) is 3.64. The number of rotatable bonds is 4. The molecule has 2 aromatic rings. The lowest BCUT2D eigenvalue weighted by Gasteiger charge is -2.05. The van der Waals surface area contributed by atoms with Crippen molar-refractivity contribution in [3.05, 3.63) is 29.6 Å². The van der Waals surface area contributed by atoms with Crippen molar-refractivity contribution in [3.63, 3.8) is 0 Å². The normalized spacial score (nSPS) is 10.7.